The van der Waals surface area contributed by atoms with Crippen molar-refractivity contribution in [1.82, 2.24) is 25.2 Å². The number of nitrogens with one attached hydrogen (secondary N) is 2. The standard InChI is InChI=1S/C25H27N6O6PS2/c32-23-22(40-25(33)31(23)15-37-38(34,35)36)12-19-8-10-26-24(30-19)29-18-6-4-17(5-7-18)27-13-20-2-1-3-21(28-20)16-9-11-39-14-16/h1-3,8-12,14,17-18,27H,4-7,13,15H2,(H,26,29,30)(H2,34,35,36)/b22-12-. The summed E-state index contributed by atoms with van der Waals surface area (Å²) in [6, 6.07) is 10.4. The lowest BCUT2D eigenvalue weighted by molar-refractivity contribution is -0.124. The average molecular weight is 603 g/mol. The van der Waals surface area contributed by atoms with Crippen LogP contribution in [0.3, 0.4) is 0 Å². The van der Waals surface area contributed by atoms with Crippen LogP contribution in [0.1, 0.15) is 37.1 Å². The van der Waals surface area contributed by atoms with Gasteiger partial charge in [-0.2, -0.15) is 11.3 Å². The molecule has 4 heterocycles. The molecule has 3 aromatic heterocycles. The largest absolute Gasteiger partial charge is 0.471 e. The van der Waals surface area contributed by atoms with Crippen molar-refractivity contribution in [3.8, 4) is 11.3 Å². The van der Waals surface area contributed by atoms with E-state index < -0.39 is 25.7 Å². The van der Waals surface area contributed by atoms with Crippen LogP contribution < -0.4 is 10.6 Å². The zero-order valence-corrected chi connectivity index (χ0v) is 23.7. The molecule has 1 aliphatic carbocycles. The van der Waals surface area contributed by atoms with Crippen LogP contribution in [0.5, 0.6) is 0 Å². The molecule has 0 radical (unpaired) electrons. The number of thiophene rings is 1. The summed E-state index contributed by atoms with van der Waals surface area (Å²) in [4.78, 5) is 56.5. The van der Waals surface area contributed by atoms with E-state index in [1.807, 2.05) is 18.2 Å². The van der Waals surface area contributed by atoms with Crippen molar-refractivity contribution in [3.63, 3.8) is 0 Å². The first-order chi connectivity index (χ1) is 19.2. The zero-order valence-electron chi connectivity index (χ0n) is 21.2. The molecule has 1 aliphatic heterocycles. The van der Waals surface area contributed by atoms with Gasteiger partial charge in [0.05, 0.1) is 22.0 Å². The van der Waals surface area contributed by atoms with Gasteiger partial charge in [-0.05, 0) is 73.2 Å². The molecular weight excluding hydrogens is 575 g/mol. The van der Waals surface area contributed by atoms with Crippen LogP contribution in [-0.4, -0.2) is 59.6 Å². The highest BCUT2D eigenvalue weighted by atomic mass is 32.2. The summed E-state index contributed by atoms with van der Waals surface area (Å²) in [7, 11) is -4.82. The lowest BCUT2D eigenvalue weighted by atomic mass is 9.91. The van der Waals surface area contributed by atoms with Crippen molar-refractivity contribution in [2.45, 2.75) is 44.3 Å². The Morgan fingerprint density at radius 2 is 1.90 bits per heavy atom. The number of nitrogens with zero attached hydrogens (tertiary/aromatic N) is 4. The van der Waals surface area contributed by atoms with E-state index >= 15 is 0 Å². The summed E-state index contributed by atoms with van der Waals surface area (Å²) < 4.78 is 15.2. The van der Waals surface area contributed by atoms with E-state index in [9.17, 15) is 14.2 Å². The topological polar surface area (TPSA) is 167 Å². The minimum Gasteiger partial charge on any atom is -0.351 e. The van der Waals surface area contributed by atoms with Gasteiger partial charge in [0.25, 0.3) is 11.1 Å². The van der Waals surface area contributed by atoms with Crippen LogP contribution >= 0.6 is 30.9 Å². The van der Waals surface area contributed by atoms with Crippen molar-refractivity contribution in [2.75, 3.05) is 12.0 Å². The summed E-state index contributed by atoms with van der Waals surface area (Å²) >= 11 is 2.31. The van der Waals surface area contributed by atoms with Gasteiger partial charge < -0.3 is 20.4 Å². The summed E-state index contributed by atoms with van der Waals surface area (Å²) in [5.74, 6) is -0.292. The van der Waals surface area contributed by atoms with E-state index in [0.717, 1.165) is 42.6 Å². The van der Waals surface area contributed by atoms with Crippen LogP contribution in [0.25, 0.3) is 17.3 Å². The van der Waals surface area contributed by atoms with Crippen LogP contribution in [-0.2, 0) is 20.4 Å². The molecule has 1 saturated heterocycles. The van der Waals surface area contributed by atoms with Crippen LogP contribution in [0.15, 0.2) is 52.2 Å². The molecule has 0 unspecified atom stereocenters. The smallest absolute Gasteiger partial charge is 0.351 e. The van der Waals surface area contributed by atoms with Gasteiger partial charge in [-0.15, -0.1) is 0 Å². The number of imide groups is 1. The Labute approximate surface area is 238 Å². The predicted octanol–water partition coefficient (Wildman–Crippen LogP) is 4.22. The third-order valence-electron chi connectivity index (χ3n) is 6.44. The minimum absolute atomic E-state index is 0.0749. The van der Waals surface area contributed by atoms with E-state index in [2.05, 4.69) is 42.0 Å². The second kappa shape index (κ2) is 12.7. The van der Waals surface area contributed by atoms with Crippen molar-refractivity contribution < 1.29 is 28.5 Å². The molecule has 0 atom stereocenters. The number of phosphoric ester groups is 1. The van der Waals surface area contributed by atoms with Gasteiger partial charge in [0.1, 0.15) is 6.73 Å². The predicted molar refractivity (Wildman–Crippen MR) is 152 cm³/mol. The third kappa shape index (κ3) is 7.61. The number of hydrogen-bond donors (Lipinski definition) is 4. The number of carbonyl (C=O) groups is 2. The van der Waals surface area contributed by atoms with Gasteiger partial charge in [-0.1, -0.05) is 6.07 Å². The van der Waals surface area contributed by atoms with Crippen LogP contribution in [0.2, 0.25) is 0 Å². The molecule has 0 aromatic carbocycles. The molecule has 0 spiro atoms. The molecule has 40 heavy (non-hydrogen) atoms. The fourth-order valence-electron chi connectivity index (χ4n) is 4.42. The fraction of sp³-hybridized carbons (Fsp3) is 0.320. The molecule has 2 fully saturated rings. The first-order valence-corrected chi connectivity index (χ1v) is 15.8. The van der Waals surface area contributed by atoms with Crippen molar-refractivity contribution in [2.24, 2.45) is 0 Å². The second-order valence-electron chi connectivity index (χ2n) is 9.26. The quantitative estimate of drug-likeness (QED) is 0.193. The third-order valence-corrected chi connectivity index (χ3v) is 8.48. The molecule has 210 valence electrons. The molecule has 1 saturated carbocycles. The van der Waals surface area contributed by atoms with Crippen LogP contribution in [0, 0.1) is 0 Å². The maximum Gasteiger partial charge on any atom is 0.471 e. The number of pyridine rings is 1. The molecule has 12 nitrogen and oxygen atoms in total. The van der Waals surface area contributed by atoms with Gasteiger partial charge in [-0.3, -0.25) is 19.1 Å². The molecule has 0 bridgehead atoms. The van der Waals surface area contributed by atoms with E-state index in [1.165, 1.54) is 6.08 Å². The minimum atomic E-state index is -4.82. The Bertz CT molecular complexity index is 1440. The first-order valence-electron chi connectivity index (χ1n) is 12.5. The number of thioether (sulfide) groups is 1. The Balaban J connectivity index is 1.11. The normalized spacial score (nSPS) is 20.9. The second-order valence-corrected chi connectivity index (χ2v) is 12.3. The van der Waals surface area contributed by atoms with Gasteiger partial charge >= 0.3 is 7.82 Å². The van der Waals surface area contributed by atoms with Gasteiger partial charge in [0.15, 0.2) is 0 Å². The molecule has 15 heteroatoms. The van der Waals surface area contributed by atoms with E-state index in [-0.39, 0.29) is 10.9 Å². The van der Waals surface area contributed by atoms with E-state index in [1.54, 1.807) is 23.6 Å². The number of anilines is 1. The number of aromatic nitrogens is 3. The molecule has 3 aromatic rings. The van der Waals surface area contributed by atoms with Gasteiger partial charge in [-0.25, -0.2) is 19.4 Å². The number of carbonyl (C=O) groups excluding carboxylic acids is 2. The van der Waals surface area contributed by atoms with Gasteiger partial charge in [0.2, 0.25) is 5.95 Å². The molecule has 2 aliphatic rings. The highest BCUT2D eigenvalue weighted by Crippen LogP contribution is 2.38. The van der Waals surface area contributed by atoms with Crippen molar-refractivity contribution in [3.05, 3.63) is 63.6 Å². The van der Waals surface area contributed by atoms with E-state index in [4.69, 9.17) is 14.8 Å². The lowest BCUT2D eigenvalue weighted by Crippen LogP contribution is -2.37. The Morgan fingerprint density at radius 1 is 1.10 bits per heavy atom. The SMILES string of the molecule is O=C1S/C(=C\c2ccnc(NC3CCC(NCc4cccc(-c5ccsc5)n4)CC3)n2)C(=O)N1COP(=O)(O)O. The molecular formula is C25H27N6O6PS2. The number of hydrogen-bond acceptors (Lipinski definition) is 11. The zero-order chi connectivity index (χ0) is 28.1. The summed E-state index contributed by atoms with van der Waals surface area (Å²) in [5.41, 5.74) is 3.56. The highest BCUT2D eigenvalue weighted by molar-refractivity contribution is 8.18. The summed E-state index contributed by atoms with van der Waals surface area (Å²) in [6.45, 7) is -0.124. The Hall–Kier alpha value is -2.97. The number of phosphoric acid groups is 1. The molecule has 4 N–H and O–H groups in total. The molecule has 2 amide bonds. The van der Waals surface area contributed by atoms with Crippen molar-refractivity contribution >= 4 is 54.1 Å². The fourth-order valence-corrected chi connectivity index (χ4v) is 6.15. The average Bonchev–Trinajstić information content (AvgIpc) is 3.56. The van der Waals surface area contributed by atoms with E-state index in [0.29, 0.717) is 40.9 Å². The van der Waals surface area contributed by atoms with Crippen LogP contribution in [0.4, 0.5) is 10.7 Å². The Kier molecular flexibility index (Phi) is 9.06. The van der Waals surface area contributed by atoms with Crippen molar-refractivity contribution in [1.29, 1.82) is 0 Å². The summed E-state index contributed by atoms with van der Waals surface area (Å²) in [5, 5.41) is 10.5. The van der Waals surface area contributed by atoms with Gasteiger partial charge in [0, 0.05) is 35.8 Å². The summed E-state index contributed by atoms with van der Waals surface area (Å²) in [6.07, 6.45) is 6.86. The lowest BCUT2D eigenvalue weighted by Gasteiger charge is -2.29. The highest BCUT2D eigenvalue weighted by Gasteiger charge is 2.36. The maximum atomic E-state index is 12.5. The Morgan fingerprint density at radius 3 is 2.65 bits per heavy atom. The molecule has 5 rings (SSSR count). The first kappa shape index (κ1) is 28.6. The number of rotatable bonds is 10. The monoisotopic (exact) mass is 602 g/mol. The number of amides is 2. The maximum absolute atomic E-state index is 12.5.